The molecule has 62 heavy (non-hydrogen) atoms. The first-order chi connectivity index (χ1) is 30.7. The fraction of sp³-hybridized carbons (Fsp3) is 0.0172. The number of fused-ring (bicyclic) bond motifs is 6. The van der Waals surface area contributed by atoms with Crippen molar-refractivity contribution in [3.8, 4) is 67.5 Å². The lowest BCUT2D eigenvalue weighted by molar-refractivity contribution is 0.768. The molecule has 2 aromatic heterocycles. The van der Waals surface area contributed by atoms with Gasteiger partial charge in [0, 0.05) is 36.9 Å². The van der Waals surface area contributed by atoms with Crippen LogP contribution in [0.15, 0.2) is 224 Å². The molecule has 0 saturated carbocycles. The Labute approximate surface area is 364 Å². The first kappa shape index (κ1) is 36.1. The standard InChI is InChI=1S/C58H37N3S/c1-4-15-38(16-5-1)39-27-31-41(32-28-39)55-59-56(42-33-29-40(30-34-42)46-23-14-24-50-49-22-11-13-26-53(49)62-54(46)50)61-57(60-55)43-35-36-48-47-21-10-12-25-51(47)58(52(48)37-43,44-17-6-2-7-18-44)45-19-8-3-9-20-45/h1-37H. The molecule has 0 atom stereocenters. The van der Waals surface area contributed by atoms with E-state index in [4.69, 9.17) is 15.0 Å². The summed E-state index contributed by atoms with van der Waals surface area (Å²) in [6, 6.07) is 80.4. The van der Waals surface area contributed by atoms with Crippen LogP contribution in [0.2, 0.25) is 0 Å². The van der Waals surface area contributed by atoms with Gasteiger partial charge in [0.05, 0.1) is 5.41 Å². The van der Waals surface area contributed by atoms with Crippen molar-refractivity contribution >= 4 is 31.5 Å². The van der Waals surface area contributed by atoms with E-state index in [2.05, 4.69) is 218 Å². The molecule has 0 radical (unpaired) electrons. The van der Waals surface area contributed by atoms with Gasteiger partial charge in [0.15, 0.2) is 17.5 Å². The van der Waals surface area contributed by atoms with Crippen molar-refractivity contribution in [1.82, 2.24) is 15.0 Å². The van der Waals surface area contributed by atoms with Gasteiger partial charge < -0.3 is 0 Å². The molecule has 290 valence electrons. The van der Waals surface area contributed by atoms with E-state index in [0.29, 0.717) is 17.5 Å². The molecule has 3 nitrogen and oxygen atoms in total. The van der Waals surface area contributed by atoms with Crippen LogP contribution >= 0.6 is 11.3 Å². The Hall–Kier alpha value is -7.79. The SMILES string of the molecule is c1ccc(-c2ccc(-c3nc(-c4ccc(-c5cccc6c5sc5ccccc56)cc4)nc(-c4ccc5c(c4)C(c4ccccc4)(c4ccccc4)c4ccccc4-5)n3)cc2)cc1. The van der Waals surface area contributed by atoms with Crippen molar-refractivity contribution in [1.29, 1.82) is 0 Å². The number of benzene rings is 9. The van der Waals surface area contributed by atoms with E-state index < -0.39 is 5.41 Å². The third kappa shape index (κ3) is 5.83. The zero-order valence-electron chi connectivity index (χ0n) is 33.6. The highest BCUT2D eigenvalue weighted by atomic mass is 32.1. The molecule has 0 N–H and O–H groups in total. The van der Waals surface area contributed by atoms with Crippen LogP contribution in [0.3, 0.4) is 0 Å². The van der Waals surface area contributed by atoms with Gasteiger partial charge >= 0.3 is 0 Å². The van der Waals surface area contributed by atoms with Gasteiger partial charge in [-0.05, 0) is 67.8 Å². The van der Waals surface area contributed by atoms with Gasteiger partial charge in [0.1, 0.15) is 0 Å². The van der Waals surface area contributed by atoms with Crippen LogP contribution in [0.1, 0.15) is 22.3 Å². The first-order valence-corrected chi connectivity index (χ1v) is 21.8. The minimum absolute atomic E-state index is 0.538. The van der Waals surface area contributed by atoms with Gasteiger partial charge in [-0.3, -0.25) is 0 Å². The lowest BCUT2D eigenvalue weighted by Crippen LogP contribution is -2.28. The average molecular weight is 808 g/mol. The summed E-state index contributed by atoms with van der Waals surface area (Å²) >= 11 is 1.85. The number of thiophene rings is 1. The van der Waals surface area contributed by atoms with Crippen molar-refractivity contribution < 1.29 is 0 Å². The summed E-state index contributed by atoms with van der Waals surface area (Å²) in [5.41, 5.74) is 14.3. The Morgan fingerprint density at radius 2 is 0.774 bits per heavy atom. The van der Waals surface area contributed by atoms with Crippen LogP contribution in [-0.2, 0) is 5.41 Å². The van der Waals surface area contributed by atoms with Crippen LogP contribution in [0, 0.1) is 0 Å². The largest absolute Gasteiger partial charge is 0.208 e. The van der Waals surface area contributed by atoms with E-state index in [0.717, 1.165) is 27.8 Å². The second kappa shape index (κ2) is 14.7. The molecule has 0 bridgehead atoms. The number of hydrogen-bond acceptors (Lipinski definition) is 4. The Morgan fingerprint density at radius 3 is 1.45 bits per heavy atom. The van der Waals surface area contributed by atoms with Crippen molar-refractivity contribution in [2.24, 2.45) is 0 Å². The molecular weight excluding hydrogens is 771 g/mol. The highest BCUT2D eigenvalue weighted by Crippen LogP contribution is 2.56. The van der Waals surface area contributed by atoms with E-state index in [9.17, 15) is 0 Å². The van der Waals surface area contributed by atoms with Gasteiger partial charge in [-0.2, -0.15) is 0 Å². The molecule has 11 aromatic rings. The van der Waals surface area contributed by atoms with Crippen molar-refractivity contribution in [2.45, 2.75) is 5.41 Å². The van der Waals surface area contributed by atoms with E-state index >= 15 is 0 Å². The fourth-order valence-corrected chi connectivity index (χ4v) is 10.8. The quantitative estimate of drug-likeness (QED) is 0.161. The molecule has 1 aliphatic carbocycles. The van der Waals surface area contributed by atoms with Crippen molar-refractivity contribution in [3.05, 3.63) is 247 Å². The third-order valence-electron chi connectivity index (χ3n) is 12.5. The minimum atomic E-state index is -0.538. The molecule has 1 aliphatic rings. The maximum Gasteiger partial charge on any atom is 0.164 e. The molecule has 0 spiro atoms. The zero-order valence-corrected chi connectivity index (χ0v) is 34.4. The number of nitrogens with zero attached hydrogens (tertiary/aromatic N) is 3. The molecule has 0 fully saturated rings. The molecule has 0 unspecified atom stereocenters. The van der Waals surface area contributed by atoms with E-state index in [1.807, 2.05) is 17.4 Å². The summed E-state index contributed by atoms with van der Waals surface area (Å²) in [5.74, 6) is 1.89. The van der Waals surface area contributed by atoms with Crippen LogP contribution in [0.4, 0.5) is 0 Å². The molecule has 0 aliphatic heterocycles. The average Bonchev–Trinajstić information content (AvgIpc) is 3.89. The minimum Gasteiger partial charge on any atom is -0.208 e. The Bertz CT molecular complexity index is 3390. The summed E-state index contributed by atoms with van der Waals surface area (Å²) in [4.78, 5) is 15.8. The van der Waals surface area contributed by atoms with E-state index in [1.165, 1.54) is 64.7 Å². The van der Waals surface area contributed by atoms with Gasteiger partial charge in [-0.15, -0.1) is 11.3 Å². The lowest BCUT2D eigenvalue weighted by Gasteiger charge is -2.34. The van der Waals surface area contributed by atoms with Crippen molar-refractivity contribution in [3.63, 3.8) is 0 Å². The smallest absolute Gasteiger partial charge is 0.164 e. The second-order valence-corrected chi connectivity index (χ2v) is 16.9. The fourth-order valence-electron chi connectivity index (χ4n) is 9.56. The molecule has 0 amide bonds. The Kier molecular flexibility index (Phi) is 8.58. The summed E-state index contributed by atoms with van der Waals surface area (Å²) in [7, 11) is 0. The number of hydrogen-bond donors (Lipinski definition) is 0. The Morgan fingerprint density at radius 1 is 0.306 bits per heavy atom. The predicted molar refractivity (Wildman–Crippen MR) is 257 cm³/mol. The van der Waals surface area contributed by atoms with Crippen LogP contribution in [-0.4, -0.2) is 15.0 Å². The molecule has 4 heteroatoms. The lowest BCUT2D eigenvalue weighted by atomic mass is 9.67. The second-order valence-electron chi connectivity index (χ2n) is 15.9. The zero-order chi connectivity index (χ0) is 41.0. The monoisotopic (exact) mass is 807 g/mol. The highest BCUT2D eigenvalue weighted by Gasteiger charge is 2.46. The molecule has 2 heterocycles. The molecule has 9 aromatic carbocycles. The summed E-state index contributed by atoms with van der Waals surface area (Å²) < 4.78 is 2.60. The summed E-state index contributed by atoms with van der Waals surface area (Å²) in [6.45, 7) is 0. The number of rotatable bonds is 7. The predicted octanol–water partition coefficient (Wildman–Crippen LogP) is 14.9. The molecule has 12 rings (SSSR count). The van der Waals surface area contributed by atoms with E-state index in [-0.39, 0.29) is 0 Å². The van der Waals surface area contributed by atoms with Gasteiger partial charge in [0.25, 0.3) is 0 Å². The van der Waals surface area contributed by atoms with Crippen LogP contribution in [0.25, 0.3) is 87.7 Å². The Balaban J connectivity index is 1.02. The summed E-state index contributed by atoms with van der Waals surface area (Å²) in [6.07, 6.45) is 0. The van der Waals surface area contributed by atoms with Gasteiger partial charge in [0.2, 0.25) is 0 Å². The summed E-state index contributed by atoms with van der Waals surface area (Å²) in [5, 5.41) is 2.59. The maximum atomic E-state index is 5.29. The van der Waals surface area contributed by atoms with Crippen LogP contribution < -0.4 is 0 Å². The van der Waals surface area contributed by atoms with Gasteiger partial charge in [-0.25, -0.2) is 15.0 Å². The first-order valence-electron chi connectivity index (χ1n) is 21.0. The van der Waals surface area contributed by atoms with Crippen molar-refractivity contribution in [2.75, 3.05) is 0 Å². The number of aromatic nitrogens is 3. The maximum absolute atomic E-state index is 5.29. The molecule has 0 saturated heterocycles. The van der Waals surface area contributed by atoms with Gasteiger partial charge in [-0.1, -0.05) is 212 Å². The normalized spacial score (nSPS) is 12.6. The molecular formula is C58H37N3S. The topological polar surface area (TPSA) is 38.7 Å². The third-order valence-corrected chi connectivity index (χ3v) is 13.7. The highest BCUT2D eigenvalue weighted by molar-refractivity contribution is 7.26. The van der Waals surface area contributed by atoms with Crippen LogP contribution in [0.5, 0.6) is 0 Å². The van der Waals surface area contributed by atoms with E-state index in [1.54, 1.807) is 0 Å².